The first kappa shape index (κ1) is 33.3. The lowest BCUT2D eigenvalue weighted by molar-refractivity contribution is -1.26. The van der Waals surface area contributed by atoms with Gasteiger partial charge in [-0.3, -0.25) is 0 Å². The largest absolute Gasteiger partial charge is 1.00 e. The van der Waals surface area contributed by atoms with Gasteiger partial charge in [0.05, 0.1) is 20.8 Å². The minimum atomic E-state index is -0.0878. The van der Waals surface area contributed by atoms with E-state index >= 15 is 0 Å². The third kappa shape index (κ3) is 15.6. The Kier molecular flexibility index (Phi) is 23.6. The van der Waals surface area contributed by atoms with Gasteiger partial charge in [-0.2, -0.15) is 9.68 Å². The van der Waals surface area contributed by atoms with Crippen LogP contribution in [0.3, 0.4) is 0 Å². The van der Waals surface area contributed by atoms with Crippen molar-refractivity contribution in [1.82, 2.24) is 0 Å². The van der Waals surface area contributed by atoms with Crippen LogP contribution in [0.1, 0.15) is 129 Å². The summed E-state index contributed by atoms with van der Waals surface area (Å²) in [5.41, 5.74) is -0.0878. The molecule has 1 unspecified atom stereocenters. The molecule has 0 radical (unpaired) electrons. The quantitative estimate of drug-likeness (QED) is 0.121. The van der Waals surface area contributed by atoms with E-state index in [1.165, 1.54) is 103 Å². The molecule has 31 heavy (non-hydrogen) atoms. The smallest absolute Gasteiger partial charge is 0.161 e. The van der Waals surface area contributed by atoms with Crippen molar-refractivity contribution in [3.63, 3.8) is 0 Å². The van der Waals surface area contributed by atoms with E-state index in [4.69, 9.17) is 14.4 Å². The highest BCUT2D eigenvalue weighted by Gasteiger charge is 2.47. The van der Waals surface area contributed by atoms with Crippen molar-refractivity contribution in [2.24, 2.45) is 0 Å². The predicted molar refractivity (Wildman–Crippen MR) is 129 cm³/mol. The minimum Gasteiger partial charge on any atom is -1.00 e. The van der Waals surface area contributed by atoms with E-state index in [0.29, 0.717) is 0 Å². The van der Waals surface area contributed by atoms with Crippen LogP contribution in [0.4, 0.5) is 0 Å². The van der Waals surface area contributed by atoms with Gasteiger partial charge in [0.2, 0.25) is 0 Å². The van der Waals surface area contributed by atoms with Crippen LogP contribution in [0, 0.1) is 0 Å². The number of hydrogen-bond donors (Lipinski definition) is 0. The molecule has 0 aromatic carbocycles. The molecule has 0 amide bonds. The summed E-state index contributed by atoms with van der Waals surface area (Å²) in [5.74, 6) is 0. The number of hydroxylamine groups is 4. The predicted octanol–water partition coefficient (Wildman–Crippen LogP) is 5.01. The van der Waals surface area contributed by atoms with Gasteiger partial charge in [0.1, 0.15) is 7.05 Å². The van der Waals surface area contributed by atoms with Gasteiger partial charge in [-0.25, -0.2) is 0 Å². The molecule has 0 aliphatic carbocycles. The van der Waals surface area contributed by atoms with Crippen LogP contribution in [0.15, 0.2) is 0 Å². The Morgan fingerprint density at radius 1 is 0.581 bits per heavy atom. The van der Waals surface area contributed by atoms with Gasteiger partial charge in [0.25, 0.3) is 0 Å². The molecule has 4 nitrogen and oxygen atoms in total. The molecular weight excluding hydrogens is 410 g/mol. The summed E-state index contributed by atoms with van der Waals surface area (Å²) >= 11 is 0. The lowest BCUT2D eigenvalue weighted by atomic mass is 9.90. The van der Waals surface area contributed by atoms with E-state index in [1.54, 1.807) is 21.3 Å². The Balaban J connectivity index is 0. The van der Waals surface area contributed by atoms with E-state index < -0.39 is 0 Å². The highest BCUT2D eigenvalue weighted by atomic mass is 35.5. The van der Waals surface area contributed by atoms with Gasteiger partial charge >= 0.3 is 0 Å². The van der Waals surface area contributed by atoms with Crippen LogP contribution in [-0.4, -0.2) is 45.3 Å². The SMILES string of the molecule is CCCCCCCCCCCCCCCCCCC(C)(CCOC)[N+](C)(OC)OC.[Cl-]. The Bertz CT molecular complexity index is 367. The first-order valence-electron chi connectivity index (χ1n) is 13.0. The standard InChI is InChI=1S/C26H56NO3.ClH/c1-7-8-9-10-11-12-13-14-15-16-17-18-19-20-21-22-23-26(2,24-25-28-4)27(3,29-5)30-6;/h7-25H2,1-6H3;1H/q+1;/p-1. The molecule has 5 heteroatoms. The summed E-state index contributed by atoms with van der Waals surface area (Å²) in [5, 5.41) is 0. The zero-order valence-corrected chi connectivity index (χ0v) is 22.7. The second-order valence-corrected chi connectivity index (χ2v) is 9.50. The van der Waals surface area contributed by atoms with Gasteiger partial charge in [0, 0.05) is 20.0 Å². The third-order valence-corrected chi connectivity index (χ3v) is 7.09. The number of hydrogen-bond acceptors (Lipinski definition) is 3. The van der Waals surface area contributed by atoms with Gasteiger partial charge < -0.3 is 17.1 Å². The number of ether oxygens (including phenoxy) is 1. The van der Waals surface area contributed by atoms with Crippen LogP contribution < -0.4 is 12.4 Å². The molecule has 1 atom stereocenters. The van der Waals surface area contributed by atoms with Crippen molar-refractivity contribution in [1.29, 1.82) is 0 Å². The van der Waals surface area contributed by atoms with Crippen LogP contribution >= 0.6 is 0 Å². The summed E-state index contributed by atoms with van der Waals surface area (Å²) in [6, 6.07) is 0. The molecular formula is C26H56ClNO3. The summed E-state index contributed by atoms with van der Waals surface area (Å²) in [7, 11) is 7.21. The molecule has 0 aliphatic rings. The topological polar surface area (TPSA) is 27.7 Å². The molecule has 0 aromatic rings. The normalized spacial score (nSPS) is 13.7. The molecule has 190 valence electrons. The van der Waals surface area contributed by atoms with Crippen LogP contribution in [0.25, 0.3) is 0 Å². The number of rotatable bonds is 23. The maximum Gasteiger partial charge on any atom is 0.161 e. The highest BCUT2D eigenvalue weighted by Crippen LogP contribution is 2.33. The van der Waals surface area contributed by atoms with Crippen molar-refractivity contribution in [3.8, 4) is 0 Å². The summed E-state index contributed by atoms with van der Waals surface area (Å²) < 4.78 is 5.33. The van der Waals surface area contributed by atoms with Gasteiger partial charge in [0.15, 0.2) is 5.54 Å². The number of nitrogens with zero attached hydrogens (tertiary/aromatic N) is 1. The molecule has 0 bridgehead atoms. The Labute approximate surface area is 201 Å². The molecule has 0 saturated carbocycles. The van der Waals surface area contributed by atoms with E-state index in [-0.39, 0.29) is 22.8 Å². The first-order chi connectivity index (χ1) is 14.5. The molecule has 0 rings (SSSR count). The van der Waals surface area contributed by atoms with Crippen LogP contribution in [-0.2, 0) is 14.4 Å². The summed E-state index contributed by atoms with van der Waals surface area (Å²) in [6.45, 7) is 5.28. The van der Waals surface area contributed by atoms with Crippen LogP contribution in [0.5, 0.6) is 0 Å². The fourth-order valence-electron chi connectivity index (χ4n) is 4.42. The Hall–Kier alpha value is 0.130. The lowest BCUT2D eigenvalue weighted by Crippen LogP contribution is -3.00. The number of halogens is 1. The molecule has 0 spiro atoms. The monoisotopic (exact) mass is 465 g/mol. The molecule has 0 fully saturated rings. The highest BCUT2D eigenvalue weighted by molar-refractivity contribution is 4.73. The van der Waals surface area contributed by atoms with Crippen molar-refractivity contribution >= 4 is 0 Å². The number of methoxy groups -OCH3 is 1. The zero-order valence-electron chi connectivity index (χ0n) is 22.0. The fraction of sp³-hybridized carbons (Fsp3) is 1.00. The van der Waals surface area contributed by atoms with E-state index in [2.05, 4.69) is 13.8 Å². The second kappa shape index (κ2) is 21.9. The van der Waals surface area contributed by atoms with Gasteiger partial charge in [-0.1, -0.05) is 103 Å². The van der Waals surface area contributed by atoms with E-state index in [1.807, 2.05) is 7.05 Å². The van der Waals surface area contributed by atoms with Crippen LogP contribution in [0.2, 0.25) is 0 Å². The third-order valence-electron chi connectivity index (χ3n) is 7.09. The summed E-state index contributed by atoms with van der Waals surface area (Å²) in [6.07, 6.45) is 24.5. The fourth-order valence-corrected chi connectivity index (χ4v) is 4.42. The maximum atomic E-state index is 5.69. The van der Waals surface area contributed by atoms with E-state index in [0.717, 1.165) is 19.4 Å². The number of unbranched alkanes of at least 4 members (excludes halogenated alkanes) is 15. The first-order valence-corrected chi connectivity index (χ1v) is 13.0. The van der Waals surface area contributed by atoms with E-state index in [9.17, 15) is 0 Å². The number of quaternary nitrogens is 1. The maximum absolute atomic E-state index is 5.69. The Morgan fingerprint density at radius 2 is 0.935 bits per heavy atom. The molecule has 0 N–H and O–H groups in total. The molecule has 0 aromatic heterocycles. The Morgan fingerprint density at radius 3 is 1.26 bits per heavy atom. The summed E-state index contributed by atoms with van der Waals surface area (Å²) in [4.78, 5) is 11.6. The van der Waals surface area contributed by atoms with Crippen molar-refractivity contribution in [3.05, 3.63) is 0 Å². The van der Waals surface area contributed by atoms with Crippen molar-refractivity contribution in [2.45, 2.75) is 135 Å². The average molecular weight is 466 g/mol. The van der Waals surface area contributed by atoms with Crippen molar-refractivity contribution in [2.75, 3.05) is 35.0 Å². The van der Waals surface area contributed by atoms with Gasteiger partial charge in [-0.05, 0) is 18.2 Å². The lowest BCUT2D eigenvalue weighted by Gasteiger charge is -2.42. The molecule has 0 heterocycles. The second-order valence-electron chi connectivity index (χ2n) is 9.50. The zero-order chi connectivity index (χ0) is 22.6. The van der Waals surface area contributed by atoms with Crippen molar-refractivity contribution < 1.29 is 31.6 Å². The molecule has 0 saturated heterocycles. The minimum absolute atomic E-state index is 0. The average Bonchev–Trinajstić information content (AvgIpc) is 2.76. The molecule has 0 aliphatic heterocycles. The van der Waals surface area contributed by atoms with Gasteiger partial charge in [-0.15, -0.1) is 0 Å².